The molecule has 1 saturated heterocycles. The van der Waals surface area contributed by atoms with Crippen LogP contribution < -0.4 is 0 Å². The van der Waals surface area contributed by atoms with Gasteiger partial charge in [-0.1, -0.05) is 5.16 Å². The molecule has 1 unspecified atom stereocenters. The van der Waals surface area contributed by atoms with Crippen LogP contribution in [-0.4, -0.2) is 30.2 Å². The number of hydrogen-bond donors (Lipinski definition) is 0. The normalized spacial score (nSPS) is 23.6. The summed E-state index contributed by atoms with van der Waals surface area (Å²) in [7, 11) is 1.95. The van der Waals surface area contributed by atoms with E-state index in [1.807, 2.05) is 7.05 Å². The van der Waals surface area contributed by atoms with Gasteiger partial charge in [0.25, 0.3) is 0 Å². The van der Waals surface area contributed by atoms with E-state index in [2.05, 4.69) is 10.1 Å². The SMILES string of the molecule is CN1CCCC(c2cc(C(F)(F)F)no2)C1. The van der Waals surface area contributed by atoms with Crippen molar-refractivity contribution in [2.45, 2.75) is 24.9 Å². The molecule has 1 aromatic heterocycles. The Morgan fingerprint density at radius 1 is 1.50 bits per heavy atom. The van der Waals surface area contributed by atoms with Crippen molar-refractivity contribution < 1.29 is 17.7 Å². The van der Waals surface area contributed by atoms with Crippen molar-refractivity contribution in [2.75, 3.05) is 20.1 Å². The lowest BCUT2D eigenvalue weighted by molar-refractivity contribution is -0.142. The minimum absolute atomic E-state index is 0.0300. The van der Waals surface area contributed by atoms with Gasteiger partial charge < -0.3 is 9.42 Å². The van der Waals surface area contributed by atoms with Gasteiger partial charge in [0.05, 0.1) is 0 Å². The maximum absolute atomic E-state index is 12.3. The van der Waals surface area contributed by atoms with Crippen LogP contribution in [0.1, 0.15) is 30.2 Å². The second-order valence-corrected chi connectivity index (χ2v) is 4.21. The zero-order valence-electron chi connectivity index (χ0n) is 8.92. The lowest BCUT2D eigenvalue weighted by Crippen LogP contribution is -2.30. The molecule has 0 aliphatic carbocycles. The first-order chi connectivity index (χ1) is 7.47. The molecule has 1 aromatic rings. The van der Waals surface area contributed by atoms with Crippen molar-refractivity contribution in [2.24, 2.45) is 0 Å². The van der Waals surface area contributed by atoms with Crippen LogP contribution >= 0.6 is 0 Å². The highest BCUT2D eigenvalue weighted by molar-refractivity contribution is 5.13. The molecule has 16 heavy (non-hydrogen) atoms. The first kappa shape index (κ1) is 11.4. The molecule has 1 aliphatic heterocycles. The summed E-state index contributed by atoms with van der Waals surface area (Å²) in [5, 5.41) is 3.07. The highest BCUT2D eigenvalue weighted by Gasteiger charge is 2.36. The smallest absolute Gasteiger partial charge is 0.360 e. The molecule has 2 rings (SSSR count). The van der Waals surface area contributed by atoms with E-state index < -0.39 is 11.9 Å². The summed E-state index contributed by atoms with van der Waals surface area (Å²) in [4.78, 5) is 2.09. The van der Waals surface area contributed by atoms with Crippen LogP contribution in [0, 0.1) is 0 Å². The van der Waals surface area contributed by atoms with Gasteiger partial charge in [0, 0.05) is 18.5 Å². The number of aromatic nitrogens is 1. The van der Waals surface area contributed by atoms with Crippen LogP contribution in [0.25, 0.3) is 0 Å². The Labute approximate surface area is 91.2 Å². The Bertz CT molecular complexity index is 361. The summed E-state index contributed by atoms with van der Waals surface area (Å²) in [6.45, 7) is 1.71. The lowest BCUT2D eigenvalue weighted by atomic mass is 9.96. The van der Waals surface area contributed by atoms with Crippen molar-refractivity contribution in [3.8, 4) is 0 Å². The van der Waals surface area contributed by atoms with Crippen molar-refractivity contribution in [1.29, 1.82) is 0 Å². The standard InChI is InChI=1S/C10H13F3N2O/c1-15-4-2-3-7(6-15)8-5-9(14-16-8)10(11,12)13/h5,7H,2-4,6H2,1H3. The molecule has 1 aliphatic rings. The minimum Gasteiger partial charge on any atom is -0.360 e. The zero-order chi connectivity index (χ0) is 11.8. The summed E-state index contributed by atoms with van der Waals surface area (Å²) in [5.41, 5.74) is -0.935. The van der Waals surface area contributed by atoms with Gasteiger partial charge >= 0.3 is 6.18 Å². The fourth-order valence-corrected chi connectivity index (χ4v) is 2.01. The van der Waals surface area contributed by atoms with E-state index in [1.165, 1.54) is 0 Å². The van der Waals surface area contributed by atoms with Gasteiger partial charge in [-0.25, -0.2) is 0 Å². The van der Waals surface area contributed by atoms with Gasteiger partial charge in [-0.15, -0.1) is 0 Å². The molecule has 0 bridgehead atoms. The molecule has 90 valence electrons. The second kappa shape index (κ2) is 4.08. The number of hydrogen-bond acceptors (Lipinski definition) is 3. The Balaban J connectivity index is 2.12. The number of rotatable bonds is 1. The van der Waals surface area contributed by atoms with Crippen LogP contribution in [0.4, 0.5) is 13.2 Å². The lowest BCUT2D eigenvalue weighted by Gasteiger charge is -2.27. The predicted molar refractivity (Wildman–Crippen MR) is 51.0 cm³/mol. The zero-order valence-corrected chi connectivity index (χ0v) is 8.92. The summed E-state index contributed by atoms with van der Waals surface area (Å²) in [6, 6.07) is 1.02. The Kier molecular flexibility index (Phi) is 2.92. The van der Waals surface area contributed by atoms with E-state index in [-0.39, 0.29) is 5.92 Å². The summed E-state index contributed by atoms with van der Waals surface area (Å²) >= 11 is 0. The van der Waals surface area contributed by atoms with Crippen LogP contribution in [0.15, 0.2) is 10.6 Å². The molecular weight excluding hydrogens is 221 g/mol. The average molecular weight is 234 g/mol. The molecular formula is C10H13F3N2O. The van der Waals surface area contributed by atoms with E-state index in [0.29, 0.717) is 5.76 Å². The van der Waals surface area contributed by atoms with Gasteiger partial charge in [-0.05, 0) is 26.4 Å². The summed E-state index contributed by atoms with van der Waals surface area (Å²) in [5.74, 6) is 0.376. The van der Waals surface area contributed by atoms with Gasteiger partial charge in [0.15, 0.2) is 5.69 Å². The van der Waals surface area contributed by atoms with Crippen molar-refractivity contribution >= 4 is 0 Å². The maximum atomic E-state index is 12.3. The second-order valence-electron chi connectivity index (χ2n) is 4.21. The van der Waals surface area contributed by atoms with Crippen LogP contribution in [0.2, 0.25) is 0 Å². The van der Waals surface area contributed by atoms with E-state index in [0.717, 1.165) is 32.0 Å². The van der Waals surface area contributed by atoms with Gasteiger partial charge in [-0.2, -0.15) is 13.2 Å². The number of likely N-dealkylation sites (N-methyl/N-ethyl adjacent to an activating group) is 1. The quantitative estimate of drug-likeness (QED) is 0.747. The fraction of sp³-hybridized carbons (Fsp3) is 0.700. The molecule has 0 saturated carbocycles. The number of alkyl halides is 3. The average Bonchev–Trinajstić information content (AvgIpc) is 2.65. The molecule has 0 N–H and O–H groups in total. The van der Waals surface area contributed by atoms with Crippen LogP contribution in [0.5, 0.6) is 0 Å². The summed E-state index contributed by atoms with van der Waals surface area (Å²) < 4.78 is 41.7. The molecule has 2 heterocycles. The fourth-order valence-electron chi connectivity index (χ4n) is 2.01. The molecule has 0 aromatic carbocycles. The predicted octanol–water partition coefficient (Wildman–Crippen LogP) is 2.50. The Morgan fingerprint density at radius 3 is 2.81 bits per heavy atom. The molecule has 0 radical (unpaired) electrons. The largest absolute Gasteiger partial charge is 0.436 e. The molecule has 0 amide bonds. The number of piperidine rings is 1. The number of halogens is 3. The van der Waals surface area contributed by atoms with Crippen LogP contribution in [-0.2, 0) is 6.18 Å². The van der Waals surface area contributed by atoms with E-state index >= 15 is 0 Å². The van der Waals surface area contributed by atoms with Crippen molar-refractivity contribution in [3.63, 3.8) is 0 Å². The third-order valence-electron chi connectivity index (χ3n) is 2.85. The Hall–Kier alpha value is -1.04. The molecule has 3 nitrogen and oxygen atoms in total. The number of nitrogens with zero attached hydrogens (tertiary/aromatic N) is 2. The minimum atomic E-state index is -4.41. The topological polar surface area (TPSA) is 29.3 Å². The van der Waals surface area contributed by atoms with Crippen molar-refractivity contribution in [1.82, 2.24) is 10.1 Å². The van der Waals surface area contributed by atoms with Gasteiger partial charge in [-0.3, -0.25) is 0 Å². The highest BCUT2D eigenvalue weighted by Crippen LogP contribution is 2.32. The molecule has 1 fully saturated rings. The van der Waals surface area contributed by atoms with Gasteiger partial charge in [0.1, 0.15) is 5.76 Å². The van der Waals surface area contributed by atoms with E-state index in [1.54, 1.807) is 0 Å². The maximum Gasteiger partial charge on any atom is 0.436 e. The third-order valence-corrected chi connectivity index (χ3v) is 2.85. The van der Waals surface area contributed by atoms with Gasteiger partial charge in [0.2, 0.25) is 0 Å². The highest BCUT2D eigenvalue weighted by atomic mass is 19.4. The first-order valence-electron chi connectivity index (χ1n) is 5.19. The van der Waals surface area contributed by atoms with E-state index in [4.69, 9.17) is 4.52 Å². The summed E-state index contributed by atoms with van der Waals surface area (Å²) in [6.07, 6.45) is -2.58. The number of likely N-dealkylation sites (tertiary alicyclic amines) is 1. The van der Waals surface area contributed by atoms with Crippen LogP contribution in [0.3, 0.4) is 0 Å². The first-order valence-corrected chi connectivity index (χ1v) is 5.19. The molecule has 1 atom stereocenters. The monoisotopic (exact) mass is 234 g/mol. The Morgan fingerprint density at radius 2 is 2.25 bits per heavy atom. The van der Waals surface area contributed by atoms with Crippen molar-refractivity contribution in [3.05, 3.63) is 17.5 Å². The molecule has 6 heteroatoms. The third kappa shape index (κ3) is 2.37. The molecule has 0 spiro atoms. The van der Waals surface area contributed by atoms with E-state index in [9.17, 15) is 13.2 Å².